The van der Waals surface area contributed by atoms with Gasteiger partial charge in [-0.15, -0.1) is 11.3 Å². The lowest BCUT2D eigenvalue weighted by Crippen LogP contribution is -2.11. The third kappa shape index (κ3) is 2.93. The number of benzene rings is 1. The molecule has 0 saturated carbocycles. The highest BCUT2D eigenvalue weighted by Gasteiger charge is 2.11. The molecule has 0 unspecified atom stereocenters. The first-order valence-electron chi connectivity index (χ1n) is 6.40. The van der Waals surface area contributed by atoms with Gasteiger partial charge in [-0.25, -0.2) is 0 Å². The molecule has 0 aliphatic heterocycles. The third-order valence-electron chi connectivity index (χ3n) is 3.00. The Hall–Kier alpha value is -2.66. The van der Waals surface area contributed by atoms with Crippen molar-refractivity contribution in [3.8, 4) is 10.4 Å². The van der Waals surface area contributed by atoms with E-state index in [0.29, 0.717) is 16.3 Å². The normalized spacial score (nSPS) is 10.3. The number of anilines is 2. The molecule has 0 fully saturated rings. The third-order valence-corrected chi connectivity index (χ3v) is 4.14. The van der Waals surface area contributed by atoms with Crippen molar-refractivity contribution in [3.05, 3.63) is 65.8 Å². The molecule has 2 heterocycles. The first kappa shape index (κ1) is 13.3. The summed E-state index contributed by atoms with van der Waals surface area (Å²) < 4.78 is 0. The van der Waals surface area contributed by atoms with E-state index in [4.69, 9.17) is 5.73 Å². The van der Waals surface area contributed by atoms with Gasteiger partial charge in [0.05, 0.1) is 16.3 Å². The number of nitrogens with zero attached hydrogens (tertiary/aromatic N) is 1. The highest BCUT2D eigenvalue weighted by Crippen LogP contribution is 2.28. The number of nitrogen functional groups attached to an aromatic ring is 1. The second-order valence-corrected chi connectivity index (χ2v) is 5.52. The molecular weight excluding hydrogens is 282 g/mol. The minimum absolute atomic E-state index is 0.154. The van der Waals surface area contributed by atoms with Crippen molar-refractivity contribution >= 4 is 28.6 Å². The van der Waals surface area contributed by atoms with Crippen molar-refractivity contribution in [3.63, 3.8) is 0 Å². The number of rotatable bonds is 3. The van der Waals surface area contributed by atoms with Crippen molar-refractivity contribution < 1.29 is 4.79 Å². The van der Waals surface area contributed by atoms with E-state index in [2.05, 4.69) is 10.3 Å². The molecule has 0 saturated heterocycles. The number of carbonyl (C=O) groups is 1. The largest absolute Gasteiger partial charge is 0.397 e. The number of nitrogens with two attached hydrogens (primary N) is 1. The predicted octanol–water partition coefficient (Wildman–Crippen LogP) is 3.64. The number of para-hydroxylation sites is 2. The van der Waals surface area contributed by atoms with E-state index in [9.17, 15) is 4.79 Å². The Morgan fingerprint density at radius 2 is 1.81 bits per heavy atom. The molecule has 0 spiro atoms. The number of hydrogen-bond donors (Lipinski definition) is 2. The molecule has 104 valence electrons. The molecule has 3 rings (SSSR count). The summed E-state index contributed by atoms with van der Waals surface area (Å²) in [6.07, 6.45) is 3.47. The Morgan fingerprint density at radius 3 is 2.57 bits per heavy atom. The lowest BCUT2D eigenvalue weighted by atomic mass is 10.2. The molecule has 2 aromatic heterocycles. The fourth-order valence-corrected chi connectivity index (χ4v) is 2.83. The van der Waals surface area contributed by atoms with Crippen molar-refractivity contribution in [2.45, 2.75) is 0 Å². The van der Waals surface area contributed by atoms with Crippen LogP contribution in [0.3, 0.4) is 0 Å². The topological polar surface area (TPSA) is 68.0 Å². The fraction of sp³-hybridized carbons (Fsp3) is 0. The Bertz CT molecular complexity index is 768. The summed E-state index contributed by atoms with van der Waals surface area (Å²) in [6.45, 7) is 0. The molecule has 0 aliphatic carbocycles. The van der Waals surface area contributed by atoms with Gasteiger partial charge in [0.1, 0.15) is 0 Å². The maximum Gasteiger partial charge on any atom is 0.265 e. The summed E-state index contributed by atoms with van der Waals surface area (Å²) in [7, 11) is 0. The minimum Gasteiger partial charge on any atom is -0.397 e. The molecule has 3 N–H and O–H groups in total. The van der Waals surface area contributed by atoms with Crippen molar-refractivity contribution in [2.75, 3.05) is 11.1 Å². The van der Waals surface area contributed by atoms with Gasteiger partial charge in [-0.1, -0.05) is 12.1 Å². The molecule has 0 bridgehead atoms. The van der Waals surface area contributed by atoms with Gasteiger partial charge in [0.15, 0.2) is 0 Å². The van der Waals surface area contributed by atoms with Crippen LogP contribution >= 0.6 is 11.3 Å². The maximum atomic E-state index is 12.2. The number of carbonyl (C=O) groups excluding carboxylic acids is 1. The second kappa shape index (κ2) is 5.76. The Morgan fingerprint density at radius 1 is 1.05 bits per heavy atom. The minimum atomic E-state index is -0.154. The van der Waals surface area contributed by atoms with Gasteiger partial charge in [-0.3, -0.25) is 9.78 Å². The number of thiophene rings is 1. The van der Waals surface area contributed by atoms with Crippen LogP contribution in [0.25, 0.3) is 10.4 Å². The van der Waals surface area contributed by atoms with E-state index < -0.39 is 0 Å². The zero-order valence-corrected chi connectivity index (χ0v) is 11.9. The molecule has 0 aliphatic rings. The van der Waals surface area contributed by atoms with Gasteiger partial charge in [-0.05, 0) is 42.0 Å². The highest BCUT2D eigenvalue weighted by molar-refractivity contribution is 7.17. The quantitative estimate of drug-likeness (QED) is 0.725. The molecule has 3 aromatic rings. The van der Waals surface area contributed by atoms with Crippen LogP contribution in [0.1, 0.15) is 9.67 Å². The maximum absolute atomic E-state index is 12.2. The summed E-state index contributed by atoms with van der Waals surface area (Å²) in [5.41, 5.74) is 8.05. The summed E-state index contributed by atoms with van der Waals surface area (Å²) in [5, 5.41) is 2.83. The van der Waals surface area contributed by atoms with Gasteiger partial charge in [0.2, 0.25) is 0 Å². The van der Waals surface area contributed by atoms with Gasteiger partial charge in [0.25, 0.3) is 5.91 Å². The monoisotopic (exact) mass is 295 g/mol. The summed E-state index contributed by atoms with van der Waals surface area (Å²) >= 11 is 1.44. The van der Waals surface area contributed by atoms with E-state index in [1.165, 1.54) is 11.3 Å². The number of aromatic nitrogens is 1. The van der Waals surface area contributed by atoms with E-state index in [1.807, 2.05) is 36.4 Å². The van der Waals surface area contributed by atoms with E-state index in [1.54, 1.807) is 24.5 Å². The number of hydrogen-bond acceptors (Lipinski definition) is 4. The SMILES string of the molecule is Nc1ccccc1NC(=O)c1ccc(-c2ccncc2)s1. The average Bonchev–Trinajstić information content (AvgIpc) is 3.00. The molecule has 1 aromatic carbocycles. The smallest absolute Gasteiger partial charge is 0.265 e. The van der Waals surface area contributed by atoms with Crippen molar-refractivity contribution in [2.24, 2.45) is 0 Å². The molecule has 5 heteroatoms. The average molecular weight is 295 g/mol. The molecule has 4 nitrogen and oxygen atoms in total. The first-order chi connectivity index (χ1) is 10.2. The molecule has 21 heavy (non-hydrogen) atoms. The molecule has 1 amide bonds. The van der Waals surface area contributed by atoms with Crippen LogP contribution in [0.5, 0.6) is 0 Å². The van der Waals surface area contributed by atoms with E-state index in [0.717, 1.165) is 10.4 Å². The summed E-state index contributed by atoms with van der Waals surface area (Å²) in [6, 6.07) is 14.8. The first-order valence-corrected chi connectivity index (χ1v) is 7.22. The zero-order chi connectivity index (χ0) is 14.7. The van der Waals surface area contributed by atoms with Gasteiger partial charge in [-0.2, -0.15) is 0 Å². The summed E-state index contributed by atoms with van der Waals surface area (Å²) in [5.74, 6) is -0.154. The Labute approximate surface area is 126 Å². The lowest BCUT2D eigenvalue weighted by molar-refractivity contribution is 0.103. The standard InChI is InChI=1S/C16H13N3OS/c17-12-3-1-2-4-13(12)19-16(20)15-6-5-14(21-15)11-7-9-18-10-8-11/h1-10H,17H2,(H,19,20). The molecule has 0 radical (unpaired) electrons. The molecule has 0 atom stereocenters. The number of pyridine rings is 1. The fourth-order valence-electron chi connectivity index (χ4n) is 1.93. The van der Waals surface area contributed by atoms with Crippen LogP contribution in [-0.2, 0) is 0 Å². The predicted molar refractivity (Wildman–Crippen MR) is 86.4 cm³/mol. The Kier molecular flexibility index (Phi) is 3.66. The summed E-state index contributed by atoms with van der Waals surface area (Å²) in [4.78, 5) is 17.9. The second-order valence-electron chi connectivity index (χ2n) is 4.44. The van der Waals surface area contributed by atoms with Crippen LogP contribution in [0.4, 0.5) is 11.4 Å². The number of amides is 1. The van der Waals surface area contributed by atoms with E-state index >= 15 is 0 Å². The van der Waals surface area contributed by atoms with Crippen molar-refractivity contribution in [1.82, 2.24) is 4.98 Å². The van der Waals surface area contributed by atoms with Crippen LogP contribution < -0.4 is 11.1 Å². The zero-order valence-electron chi connectivity index (χ0n) is 11.1. The van der Waals surface area contributed by atoms with Crippen molar-refractivity contribution in [1.29, 1.82) is 0 Å². The van der Waals surface area contributed by atoms with Gasteiger partial charge in [0, 0.05) is 17.3 Å². The highest BCUT2D eigenvalue weighted by atomic mass is 32.1. The number of nitrogens with one attached hydrogen (secondary N) is 1. The lowest BCUT2D eigenvalue weighted by Gasteiger charge is -2.06. The van der Waals surface area contributed by atoms with Crippen LogP contribution in [0.2, 0.25) is 0 Å². The molecular formula is C16H13N3OS. The van der Waals surface area contributed by atoms with Crippen LogP contribution in [-0.4, -0.2) is 10.9 Å². The van der Waals surface area contributed by atoms with E-state index in [-0.39, 0.29) is 5.91 Å². The Balaban J connectivity index is 1.80. The van der Waals surface area contributed by atoms with Crippen LogP contribution in [0.15, 0.2) is 60.9 Å². The van der Waals surface area contributed by atoms with Gasteiger partial charge < -0.3 is 11.1 Å². The van der Waals surface area contributed by atoms with Gasteiger partial charge >= 0.3 is 0 Å². The van der Waals surface area contributed by atoms with Crippen LogP contribution in [0, 0.1) is 0 Å².